The highest BCUT2D eigenvalue weighted by molar-refractivity contribution is 6.66. The molecule has 0 rings (SSSR count). The fraction of sp³-hybridized carbons (Fsp3) is 0. The van der Waals surface area contributed by atoms with Crippen LogP contribution >= 0.6 is 11.6 Å². The molecule has 0 bridgehead atoms. The Hall–Kier alpha value is -1.08. The lowest BCUT2D eigenvalue weighted by Crippen LogP contribution is -1.71. The predicted octanol–water partition coefficient (Wildman–Crippen LogP) is 2.61. The first-order valence-electron chi connectivity index (χ1n) is 3.09. The Balaban J connectivity index is 3.68. The molecule has 0 saturated heterocycles. The lowest BCUT2D eigenvalue weighted by Gasteiger charge is -1.72. The summed E-state index contributed by atoms with van der Waals surface area (Å²) in [5.41, 5.74) is 0. The predicted molar refractivity (Wildman–Crippen MR) is 48.5 cm³/mol. The summed E-state index contributed by atoms with van der Waals surface area (Å²) in [6.45, 7) is 3.49. The second-order valence-electron chi connectivity index (χ2n) is 1.67. The Labute approximate surface area is 71.4 Å². The lowest BCUT2D eigenvalue weighted by atomic mass is 10.4. The van der Waals surface area contributed by atoms with Crippen LogP contribution in [-0.4, -0.2) is 5.24 Å². The molecule has 2 heteroatoms. The van der Waals surface area contributed by atoms with Crippen molar-refractivity contribution in [2.24, 2.45) is 0 Å². The normalized spacial score (nSPS) is 11.7. The molecule has 0 atom stereocenters. The van der Waals surface area contributed by atoms with Crippen molar-refractivity contribution in [2.75, 3.05) is 0 Å². The second-order valence-corrected chi connectivity index (χ2v) is 2.04. The molecule has 0 aromatic carbocycles. The van der Waals surface area contributed by atoms with Gasteiger partial charge in [0, 0.05) is 0 Å². The fourth-order valence-corrected chi connectivity index (χ4v) is 0.475. The van der Waals surface area contributed by atoms with Crippen LogP contribution in [0.2, 0.25) is 0 Å². The second kappa shape index (κ2) is 7.03. The molecule has 0 saturated carbocycles. The van der Waals surface area contributed by atoms with Crippen molar-refractivity contribution in [3.05, 3.63) is 49.1 Å². The summed E-state index contributed by atoms with van der Waals surface area (Å²) in [4.78, 5) is 10.1. The van der Waals surface area contributed by atoms with E-state index >= 15 is 0 Å². The highest BCUT2D eigenvalue weighted by Crippen LogP contribution is 1.84. The van der Waals surface area contributed by atoms with Crippen LogP contribution < -0.4 is 0 Å². The van der Waals surface area contributed by atoms with Gasteiger partial charge in [0.2, 0.25) is 5.24 Å². The topological polar surface area (TPSA) is 17.1 Å². The first-order chi connectivity index (χ1) is 5.27. The molecule has 1 nitrogen and oxygen atoms in total. The average Bonchev–Trinajstić information content (AvgIpc) is 1.96. The zero-order valence-corrected chi connectivity index (χ0v) is 6.79. The highest BCUT2D eigenvalue weighted by atomic mass is 35.5. The molecule has 0 aromatic rings. The minimum Gasteiger partial charge on any atom is -0.276 e. The Morgan fingerprint density at radius 1 is 1.09 bits per heavy atom. The van der Waals surface area contributed by atoms with Crippen molar-refractivity contribution < 1.29 is 4.79 Å². The average molecular weight is 169 g/mol. The molecule has 58 valence electrons. The maximum atomic E-state index is 10.1. The first-order valence-corrected chi connectivity index (χ1v) is 3.47. The van der Waals surface area contributed by atoms with Gasteiger partial charge in [0.1, 0.15) is 0 Å². The summed E-state index contributed by atoms with van der Waals surface area (Å²) >= 11 is 5.02. The van der Waals surface area contributed by atoms with Gasteiger partial charge >= 0.3 is 0 Å². The summed E-state index contributed by atoms with van der Waals surface area (Å²) < 4.78 is 0. The summed E-state index contributed by atoms with van der Waals surface area (Å²) in [7, 11) is 0. The van der Waals surface area contributed by atoms with Crippen LogP contribution in [0.4, 0.5) is 0 Å². The third-order valence-electron chi connectivity index (χ3n) is 0.808. The van der Waals surface area contributed by atoms with Crippen LogP contribution in [0.1, 0.15) is 0 Å². The van der Waals surface area contributed by atoms with E-state index in [0.29, 0.717) is 0 Å². The van der Waals surface area contributed by atoms with Gasteiger partial charge in [-0.1, -0.05) is 43.0 Å². The van der Waals surface area contributed by atoms with E-state index in [-0.39, 0.29) is 0 Å². The van der Waals surface area contributed by atoms with Gasteiger partial charge in [-0.2, -0.15) is 0 Å². The number of carbonyl (C=O) groups excluding carboxylic acids is 1. The van der Waals surface area contributed by atoms with E-state index in [0.717, 1.165) is 0 Å². The summed E-state index contributed by atoms with van der Waals surface area (Å²) in [6, 6.07) is 0. The Morgan fingerprint density at radius 3 is 2.18 bits per heavy atom. The van der Waals surface area contributed by atoms with Crippen molar-refractivity contribution in [3.8, 4) is 0 Å². The smallest absolute Gasteiger partial charge is 0.245 e. The van der Waals surface area contributed by atoms with Crippen LogP contribution in [0, 0.1) is 0 Å². The highest BCUT2D eigenvalue weighted by Gasteiger charge is 1.79. The first kappa shape index (κ1) is 9.92. The third kappa shape index (κ3) is 8.92. The number of carbonyl (C=O) groups is 1. The van der Waals surface area contributed by atoms with Gasteiger partial charge in [0.15, 0.2) is 0 Å². The molecular formula is C9H9ClO. The lowest BCUT2D eigenvalue weighted by molar-refractivity contribution is -0.107. The Bertz CT molecular complexity index is 212. The standard InChI is InChI=1S/C9H9ClO/c1-2-3-4-5-6-7-8-9(10)11/h2-8H,1H2. The van der Waals surface area contributed by atoms with Gasteiger partial charge in [-0.15, -0.1) is 0 Å². The third-order valence-corrected chi connectivity index (χ3v) is 0.934. The minimum absolute atomic E-state index is 0.470. The van der Waals surface area contributed by atoms with Crippen molar-refractivity contribution in [1.29, 1.82) is 0 Å². The van der Waals surface area contributed by atoms with Crippen LogP contribution in [-0.2, 0) is 4.79 Å². The number of hydrogen-bond donors (Lipinski definition) is 0. The van der Waals surface area contributed by atoms with Crippen molar-refractivity contribution >= 4 is 16.8 Å². The van der Waals surface area contributed by atoms with Crippen LogP contribution in [0.5, 0.6) is 0 Å². The molecule has 0 aliphatic heterocycles. The zero-order chi connectivity index (χ0) is 8.53. The molecule has 0 N–H and O–H groups in total. The molecule has 0 aromatic heterocycles. The number of rotatable bonds is 4. The van der Waals surface area contributed by atoms with Crippen LogP contribution in [0.25, 0.3) is 0 Å². The summed E-state index contributed by atoms with van der Waals surface area (Å²) in [5.74, 6) is 0. The Morgan fingerprint density at radius 2 is 1.64 bits per heavy atom. The van der Waals surface area contributed by atoms with Crippen LogP contribution in [0.15, 0.2) is 49.1 Å². The van der Waals surface area contributed by atoms with E-state index in [9.17, 15) is 4.79 Å². The van der Waals surface area contributed by atoms with Gasteiger partial charge in [0.05, 0.1) is 0 Å². The van der Waals surface area contributed by atoms with Gasteiger partial charge in [-0.3, -0.25) is 4.79 Å². The van der Waals surface area contributed by atoms with E-state index in [4.69, 9.17) is 11.6 Å². The quantitative estimate of drug-likeness (QED) is 0.358. The van der Waals surface area contributed by atoms with Gasteiger partial charge < -0.3 is 0 Å². The number of hydrogen-bond acceptors (Lipinski definition) is 1. The SMILES string of the molecule is C=CC=CC=CC=CC(=O)Cl. The largest absolute Gasteiger partial charge is 0.276 e. The summed E-state index contributed by atoms with van der Waals surface area (Å²) in [6.07, 6.45) is 11.6. The zero-order valence-electron chi connectivity index (χ0n) is 6.03. The molecule has 0 unspecified atom stereocenters. The number of halogens is 1. The molecule has 0 heterocycles. The van der Waals surface area contributed by atoms with E-state index < -0.39 is 5.24 Å². The summed E-state index contributed by atoms with van der Waals surface area (Å²) in [5, 5.41) is -0.470. The molecule has 0 aliphatic carbocycles. The molecule has 0 aliphatic rings. The maximum Gasteiger partial charge on any atom is 0.245 e. The van der Waals surface area contributed by atoms with Crippen LogP contribution in [0.3, 0.4) is 0 Å². The monoisotopic (exact) mass is 168 g/mol. The molecule has 11 heavy (non-hydrogen) atoms. The van der Waals surface area contributed by atoms with Crippen molar-refractivity contribution in [1.82, 2.24) is 0 Å². The van der Waals surface area contributed by atoms with Crippen molar-refractivity contribution in [3.63, 3.8) is 0 Å². The molecule has 0 spiro atoms. The van der Waals surface area contributed by atoms with E-state index in [1.54, 1.807) is 36.5 Å². The number of allylic oxidation sites excluding steroid dienone is 7. The molecular weight excluding hydrogens is 160 g/mol. The maximum absolute atomic E-state index is 10.1. The molecule has 0 radical (unpaired) electrons. The Kier molecular flexibility index (Phi) is 6.34. The molecule has 0 fully saturated rings. The van der Waals surface area contributed by atoms with E-state index in [2.05, 4.69) is 6.58 Å². The molecule has 0 amide bonds. The van der Waals surface area contributed by atoms with Crippen molar-refractivity contribution in [2.45, 2.75) is 0 Å². The van der Waals surface area contributed by atoms with Gasteiger partial charge in [-0.05, 0) is 17.7 Å². The van der Waals surface area contributed by atoms with Gasteiger partial charge in [0.25, 0.3) is 0 Å². The fourth-order valence-electron chi connectivity index (χ4n) is 0.402. The van der Waals surface area contributed by atoms with E-state index in [1.165, 1.54) is 6.08 Å². The minimum atomic E-state index is -0.470. The van der Waals surface area contributed by atoms with Gasteiger partial charge in [-0.25, -0.2) is 0 Å². The van der Waals surface area contributed by atoms with E-state index in [1.807, 2.05) is 0 Å².